The minimum atomic E-state index is -0.553. The summed E-state index contributed by atoms with van der Waals surface area (Å²) in [7, 11) is 1.43. The number of likely N-dealkylation sites (tertiary alicyclic amines) is 1. The van der Waals surface area contributed by atoms with Gasteiger partial charge in [0, 0.05) is 12.6 Å². The van der Waals surface area contributed by atoms with E-state index in [0.717, 1.165) is 32.4 Å². The van der Waals surface area contributed by atoms with Crippen molar-refractivity contribution in [3.63, 3.8) is 0 Å². The Balaban J connectivity index is 2.58. The predicted octanol–water partition coefficient (Wildman–Crippen LogP) is 1.42. The zero-order valence-corrected chi connectivity index (χ0v) is 11.4. The second-order valence-corrected chi connectivity index (χ2v) is 5.44. The topological polar surface area (TPSA) is 49.8 Å². The Morgan fingerprint density at radius 2 is 2.00 bits per heavy atom. The highest BCUT2D eigenvalue weighted by molar-refractivity contribution is 5.72. The van der Waals surface area contributed by atoms with Gasteiger partial charge in [0.25, 0.3) is 0 Å². The Morgan fingerprint density at radius 3 is 2.59 bits per heavy atom. The first kappa shape index (κ1) is 14.5. The summed E-state index contributed by atoms with van der Waals surface area (Å²) >= 11 is 0. The van der Waals surface area contributed by atoms with E-state index in [2.05, 4.69) is 11.8 Å². The summed E-state index contributed by atoms with van der Waals surface area (Å²) in [5.41, 5.74) is -0.553. The molecule has 1 N–H and O–H groups in total. The Bertz CT molecular complexity index is 265. The first-order chi connectivity index (χ1) is 7.87. The number of aliphatic hydroxyl groups is 1. The molecule has 0 aromatic heterocycles. The zero-order chi connectivity index (χ0) is 13.1. The number of ether oxygens (including phenoxy) is 1. The van der Waals surface area contributed by atoms with Crippen LogP contribution in [-0.2, 0) is 9.53 Å². The molecule has 1 saturated heterocycles. The number of hydrogen-bond donors (Lipinski definition) is 1. The van der Waals surface area contributed by atoms with Gasteiger partial charge in [-0.3, -0.25) is 9.69 Å². The van der Waals surface area contributed by atoms with Gasteiger partial charge in [-0.15, -0.1) is 0 Å². The van der Waals surface area contributed by atoms with Crippen LogP contribution in [0.4, 0.5) is 0 Å². The van der Waals surface area contributed by atoms with Crippen LogP contribution in [0.3, 0.4) is 0 Å². The van der Waals surface area contributed by atoms with Crippen molar-refractivity contribution >= 4 is 5.97 Å². The second-order valence-electron chi connectivity index (χ2n) is 5.44. The van der Waals surface area contributed by atoms with E-state index in [1.54, 1.807) is 0 Å². The van der Waals surface area contributed by atoms with Gasteiger partial charge < -0.3 is 9.84 Å². The predicted molar refractivity (Wildman–Crippen MR) is 66.7 cm³/mol. The summed E-state index contributed by atoms with van der Waals surface area (Å²) in [4.78, 5) is 13.8. The highest BCUT2D eigenvalue weighted by Crippen LogP contribution is 2.24. The first-order valence-electron chi connectivity index (χ1n) is 6.41. The van der Waals surface area contributed by atoms with Gasteiger partial charge in [0.1, 0.15) is 0 Å². The molecule has 1 aliphatic rings. The minimum Gasteiger partial charge on any atom is -0.469 e. The molecule has 0 spiro atoms. The van der Waals surface area contributed by atoms with E-state index >= 15 is 0 Å². The van der Waals surface area contributed by atoms with E-state index < -0.39 is 5.60 Å². The monoisotopic (exact) mass is 243 g/mol. The normalized spacial score (nSPS) is 30.4. The molecule has 3 atom stereocenters. The molecule has 1 heterocycles. The number of nitrogens with zero attached hydrogens (tertiary/aromatic N) is 1. The number of methoxy groups -OCH3 is 1. The van der Waals surface area contributed by atoms with Gasteiger partial charge in [0.05, 0.1) is 18.6 Å². The summed E-state index contributed by atoms with van der Waals surface area (Å²) in [5, 5.41) is 10.0. The van der Waals surface area contributed by atoms with Crippen molar-refractivity contribution in [1.82, 2.24) is 4.90 Å². The van der Waals surface area contributed by atoms with Crippen molar-refractivity contribution in [3.05, 3.63) is 0 Å². The number of hydrogen-bond acceptors (Lipinski definition) is 4. The molecular formula is C13H25NO3. The molecule has 100 valence electrons. The van der Waals surface area contributed by atoms with Crippen LogP contribution in [0.25, 0.3) is 0 Å². The molecule has 4 heteroatoms. The Labute approximate surface area is 104 Å². The van der Waals surface area contributed by atoms with Crippen molar-refractivity contribution in [2.24, 2.45) is 5.92 Å². The minimum absolute atomic E-state index is 0.122. The van der Waals surface area contributed by atoms with E-state index in [1.165, 1.54) is 7.11 Å². The van der Waals surface area contributed by atoms with Gasteiger partial charge in [-0.2, -0.15) is 0 Å². The molecule has 0 aliphatic carbocycles. The number of carbonyl (C=O) groups excluding carboxylic acids is 1. The fraction of sp³-hybridized carbons (Fsp3) is 0.923. The van der Waals surface area contributed by atoms with Gasteiger partial charge in [0.15, 0.2) is 0 Å². The van der Waals surface area contributed by atoms with Crippen LogP contribution in [0.5, 0.6) is 0 Å². The molecule has 1 aliphatic heterocycles. The van der Waals surface area contributed by atoms with Crippen molar-refractivity contribution in [1.29, 1.82) is 0 Å². The third kappa shape index (κ3) is 3.96. The van der Waals surface area contributed by atoms with E-state index in [1.807, 2.05) is 13.8 Å². The molecule has 1 fully saturated rings. The Kier molecular flexibility index (Phi) is 4.95. The lowest BCUT2D eigenvalue weighted by atomic mass is 9.98. The molecule has 0 saturated carbocycles. The standard InChI is InChI=1S/C13H25NO3/c1-10(12(15)17-4)11(2)14-8-5-6-13(3,16)7-9-14/h10-11,16H,5-9H2,1-4H3. The number of carbonyl (C=O) groups is 1. The van der Waals surface area contributed by atoms with E-state index in [9.17, 15) is 9.90 Å². The zero-order valence-electron chi connectivity index (χ0n) is 11.4. The third-order valence-electron chi connectivity index (χ3n) is 3.97. The molecule has 0 bridgehead atoms. The van der Waals surface area contributed by atoms with Gasteiger partial charge in [-0.05, 0) is 39.7 Å². The largest absolute Gasteiger partial charge is 0.469 e. The SMILES string of the molecule is COC(=O)C(C)C(C)N1CCCC(C)(O)CC1. The van der Waals surface area contributed by atoms with Crippen LogP contribution < -0.4 is 0 Å². The van der Waals surface area contributed by atoms with Gasteiger partial charge in [0.2, 0.25) is 0 Å². The molecule has 0 amide bonds. The summed E-state index contributed by atoms with van der Waals surface area (Å²) in [6, 6.07) is 0.163. The molecule has 0 aromatic carbocycles. The fourth-order valence-corrected chi connectivity index (χ4v) is 2.39. The van der Waals surface area contributed by atoms with Gasteiger partial charge >= 0.3 is 5.97 Å². The maximum absolute atomic E-state index is 11.5. The number of esters is 1. The molecule has 1 rings (SSSR count). The average molecular weight is 243 g/mol. The van der Waals surface area contributed by atoms with Crippen molar-refractivity contribution in [2.75, 3.05) is 20.2 Å². The average Bonchev–Trinajstić information content (AvgIpc) is 2.47. The lowest BCUT2D eigenvalue weighted by Gasteiger charge is -2.31. The van der Waals surface area contributed by atoms with E-state index in [0.29, 0.717) is 0 Å². The maximum Gasteiger partial charge on any atom is 0.309 e. The second kappa shape index (κ2) is 5.83. The highest BCUT2D eigenvalue weighted by Gasteiger charge is 2.31. The van der Waals surface area contributed by atoms with Gasteiger partial charge in [-0.25, -0.2) is 0 Å². The lowest BCUT2D eigenvalue weighted by Crippen LogP contribution is -2.42. The number of rotatable bonds is 3. The van der Waals surface area contributed by atoms with Crippen LogP contribution in [-0.4, -0.2) is 47.8 Å². The highest BCUT2D eigenvalue weighted by atomic mass is 16.5. The van der Waals surface area contributed by atoms with Crippen LogP contribution in [0.1, 0.15) is 40.0 Å². The van der Waals surface area contributed by atoms with Crippen LogP contribution >= 0.6 is 0 Å². The van der Waals surface area contributed by atoms with E-state index in [-0.39, 0.29) is 17.9 Å². The third-order valence-corrected chi connectivity index (χ3v) is 3.97. The van der Waals surface area contributed by atoms with Crippen LogP contribution in [0.15, 0.2) is 0 Å². The van der Waals surface area contributed by atoms with E-state index in [4.69, 9.17) is 4.74 Å². The first-order valence-corrected chi connectivity index (χ1v) is 6.41. The summed E-state index contributed by atoms with van der Waals surface area (Å²) in [5.74, 6) is -0.281. The smallest absolute Gasteiger partial charge is 0.309 e. The van der Waals surface area contributed by atoms with Crippen molar-refractivity contribution in [3.8, 4) is 0 Å². The summed E-state index contributed by atoms with van der Waals surface area (Å²) in [6.07, 6.45) is 2.58. The molecule has 0 radical (unpaired) electrons. The summed E-state index contributed by atoms with van der Waals surface area (Å²) < 4.78 is 4.78. The Hall–Kier alpha value is -0.610. The van der Waals surface area contributed by atoms with Crippen LogP contribution in [0.2, 0.25) is 0 Å². The van der Waals surface area contributed by atoms with Crippen molar-refractivity contribution in [2.45, 2.75) is 51.7 Å². The summed E-state index contributed by atoms with van der Waals surface area (Å²) in [6.45, 7) is 7.64. The molecule has 4 nitrogen and oxygen atoms in total. The molecule has 3 unspecified atom stereocenters. The molecule has 17 heavy (non-hydrogen) atoms. The lowest BCUT2D eigenvalue weighted by molar-refractivity contribution is -0.147. The maximum atomic E-state index is 11.5. The van der Waals surface area contributed by atoms with Crippen LogP contribution in [0, 0.1) is 5.92 Å². The van der Waals surface area contributed by atoms with Crippen molar-refractivity contribution < 1.29 is 14.6 Å². The van der Waals surface area contributed by atoms with Gasteiger partial charge in [-0.1, -0.05) is 6.92 Å². The Morgan fingerprint density at radius 1 is 1.35 bits per heavy atom. The molecular weight excluding hydrogens is 218 g/mol. The molecule has 0 aromatic rings. The fourth-order valence-electron chi connectivity index (χ4n) is 2.39. The quantitative estimate of drug-likeness (QED) is 0.762.